The molecule has 0 bridgehead atoms. The van der Waals surface area contributed by atoms with Crippen molar-refractivity contribution in [1.29, 1.82) is 0 Å². The first-order valence-electron chi connectivity index (χ1n) is 10.2. The minimum absolute atomic E-state index is 0.0692. The fourth-order valence-corrected chi connectivity index (χ4v) is 3.97. The molecule has 2 aromatic rings. The summed E-state index contributed by atoms with van der Waals surface area (Å²) < 4.78 is 5.31. The number of nitrogens with one attached hydrogen (secondary N) is 1. The zero-order valence-corrected chi connectivity index (χ0v) is 16.4. The predicted octanol–water partition coefficient (Wildman–Crippen LogP) is 4.09. The third-order valence-corrected chi connectivity index (χ3v) is 5.60. The summed E-state index contributed by atoms with van der Waals surface area (Å²) in [4.78, 5) is 27.0. The SMILES string of the molecule is CCCCC(CC)CNC(=O)[C@@H]1CCCN1c1cc(=O)oc2ccccc12. The summed E-state index contributed by atoms with van der Waals surface area (Å²) in [5, 5.41) is 4.05. The third-order valence-electron chi connectivity index (χ3n) is 5.60. The van der Waals surface area contributed by atoms with Gasteiger partial charge in [0.2, 0.25) is 5.91 Å². The molecule has 1 N–H and O–H groups in total. The van der Waals surface area contributed by atoms with Crippen LogP contribution in [0.25, 0.3) is 11.0 Å². The lowest BCUT2D eigenvalue weighted by molar-refractivity contribution is -0.122. The smallest absolute Gasteiger partial charge is 0.338 e. The van der Waals surface area contributed by atoms with Crippen LogP contribution in [0.15, 0.2) is 39.5 Å². The molecule has 1 aliphatic heterocycles. The Hall–Kier alpha value is -2.30. The highest BCUT2D eigenvalue weighted by molar-refractivity contribution is 5.94. The Labute approximate surface area is 160 Å². The number of hydrogen-bond acceptors (Lipinski definition) is 4. The standard InChI is InChI=1S/C22H30N2O3/c1-3-5-9-16(4-2)15-23-22(26)18-11-8-13-24(18)19-14-21(25)27-20-12-7-6-10-17(19)20/h6-7,10,12,14,16,18H,3-5,8-9,11,13,15H2,1-2H3,(H,23,26)/t16?,18-/m0/s1. The van der Waals surface area contributed by atoms with Crippen molar-refractivity contribution in [2.24, 2.45) is 5.92 Å². The largest absolute Gasteiger partial charge is 0.423 e. The van der Waals surface area contributed by atoms with Crippen LogP contribution in [0.5, 0.6) is 0 Å². The van der Waals surface area contributed by atoms with E-state index >= 15 is 0 Å². The van der Waals surface area contributed by atoms with E-state index in [2.05, 4.69) is 24.1 Å². The van der Waals surface area contributed by atoms with Crippen LogP contribution >= 0.6 is 0 Å². The molecule has 1 amide bonds. The fraction of sp³-hybridized carbons (Fsp3) is 0.545. The second-order valence-corrected chi connectivity index (χ2v) is 7.46. The van der Waals surface area contributed by atoms with E-state index in [1.54, 1.807) is 6.07 Å². The van der Waals surface area contributed by atoms with Crippen LogP contribution in [0.1, 0.15) is 52.4 Å². The Balaban J connectivity index is 1.76. The maximum Gasteiger partial charge on any atom is 0.338 e. The molecular formula is C22H30N2O3. The fourth-order valence-electron chi connectivity index (χ4n) is 3.97. The molecule has 2 atom stereocenters. The second-order valence-electron chi connectivity index (χ2n) is 7.46. The average molecular weight is 370 g/mol. The number of para-hydroxylation sites is 1. The Bertz CT molecular complexity index is 830. The number of hydrogen-bond donors (Lipinski definition) is 1. The third kappa shape index (κ3) is 4.52. The molecule has 2 heterocycles. The lowest BCUT2D eigenvalue weighted by Crippen LogP contribution is -2.45. The first-order valence-corrected chi connectivity index (χ1v) is 10.2. The van der Waals surface area contributed by atoms with E-state index in [9.17, 15) is 9.59 Å². The van der Waals surface area contributed by atoms with Gasteiger partial charge in [0.1, 0.15) is 11.6 Å². The number of carbonyl (C=O) groups excluding carboxylic acids is 1. The van der Waals surface area contributed by atoms with E-state index in [4.69, 9.17) is 4.42 Å². The molecule has 1 saturated heterocycles. The maximum absolute atomic E-state index is 12.9. The molecule has 1 fully saturated rings. The molecule has 0 aliphatic carbocycles. The number of fused-ring (bicyclic) bond motifs is 1. The Morgan fingerprint density at radius 1 is 1.33 bits per heavy atom. The molecule has 5 nitrogen and oxygen atoms in total. The number of carbonyl (C=O) groups is 1. The molecule has 146 valence electrons. The van der Waals surface area contributed by atoms with Gasteiger partial charge in [0.05, 0.1) is 5.69 Å². The first kappa shape index (κ1) is 19.5. The molecule has 0 saturated carbocycles. The lowest BCUT2D eigenvalue weighted by Gasteiger charge is -2.27. The van der Waals surface area contributed by atoms with Gasteiger partial charge in [-0.15, -0.1) is 0 Å². The Kier molecular flexibility index (Phi) is 6.54. The van der Waals surface area contributed by atoms with Crippen molar-refractivity contribution in [3.05, 3.63) is 40.8 Å². The number of rotatable bonds is 8. The van der Waals surface area contributed by atoms with Crippen LogP contribution in [-0.2, 0) is 4.79 Å². The molecule has 1 unspecified atom stereocenters. The molecule has 1 aromatic heterocycles. The molecule has 0 spiro atoms. The molecule has 27 heavy (non-hydrogen) atoms. The molecule has 1 aliphatic rings. The highest BCUT2D eigenvalue weighted by Gasteiger charge is 2.32. The topological polar surface area (TPSA) is 62.6 Å². The zero-order valence-electron chi connectivity index (χ0n) is 16.4. The number of nitrogens with zero attached hydrogens (tertiary/aromatic N) is 1. The highest BCUT2D eigenvalue weighted by Crippen LogP contribution is 2.31. The van der Waals surface area contributed by atoms with Crippen molar-refractivity contribution in [3.8, 4) is 0 Å². The quantitative estimate of drug-likeness (QED) is 0.711. The van der Waals surface area contributed by atoms with Crippen molar-refractivity contribution in [2.45, 2.75) is 58.4 Å². The maximum atomic E-state index is 12.9. The van der Waals surface area contributed by atoms with Gasteiger partial charge in [-0.05, 0) is 37.3 Å². The van der Waals surface area contributed by atoms with Gasteiger partial charge in [-0.2, -0.15) is 0 Å². The Morgan fingerprint density at radius 3 is 2.93 bits per heavy atom. The van der Waals surface area contributed by atoms with Gasteiger partial charge in [-0.3, -0.25) is 4.79 Å². The number of benzene rings is 1. The average Bonchev–Trinajstić information content (AvgIpc) is 3.17. The van der Waals surface area contributed by atoms with Crippen LogP contribution in [0, 0.1) is 5.92 Å². The number of unbranched alkanes of at least 4 members (excludes halogenated alkanes) is 1. The van der Waals surface area contributed by atoms with E-state index in [0.717, 1.165) is 49.8 Å². The van der Waals surface area contributed by atoms with Crippen molar-refractivity contribution >= 4 is 22.6 Å². The zero-order chi connectivity index (χ0) is 19.2. The number of amides is 1. The highest BCUT2D eigenvalue weighted by atomic mass is 16.4. The molecule has 0 radical (unpaired) electrons. The summed E-state index contributed by atoms with van der Waals surface area (Å²) in [6.45, 7) is 5.89. The normalized spacial score (nSPS) is 18.0. The van der Waals surface area contributed by atoms with Crippen LogP contribution < -0.4 is 15.8 Å². The second kappa shape index (κ2) is 9.07. The summed E-state index contributed by atoms with van der Waals surface area (Å²) in [6, 6.07) is 8.81. The van der Waals surface area contributed by atoms with E-state index in [0.29, 0.717) is 11.5 Å². The minimum atomic E-state index is -0.375. The first-order chi connectivity index (χ1) is 13.1. The van der Waals surface area contributed by atoms with Crippen LogP contribution in [-0.4, -0.2) is 25.0 Å². The van der Waals surface area contributed by atoms with Crippen molar-refractivity contribution in [1.82, 2.24) is 5.32 Å². The van der Waals surface area contributed by atoms with Gasteiger partial charge in [0.25, 0.3) is 0 Å². The summed E-state index contributed by atoms with van der Waals surface area (Å²) in [6.07, 6.45) is 6.39. The van der Waals surface area contributed by atoms with Gasteiger partial charge < -0.3 is 14.6 Å². The van der Waals surface area contributed by atoms with Gasteiger partial charge in [0, 0.05) is 24.5 Å². The monoisotopic (exact) mass is 370 g/mol. The van der Waals surface area contributed by atoms with Crippen molar-refractivity contribution in [3.63, 3.8) is 0 Å². The van der Waals surface area contributed by atoms with E-state index in [-0.39, 0.29) is 17.6 Å². The van der Waals surface area contributed by atoms with E-state index < -0.39 is 0 Å². The number of anilines is 1. The lowest BCUT2D eigenvalue weighted by atomic mass is 9.99. The summed E-state index contributed by atoms with van der Waals surface area (Å²) in [5.74, 6) is 0.605. The van der Waals surface area contributed by atoms with E-state index in [1.165, 1.54) is 18.9 Å². The summed E-state index contributed by atoms with van der Waals surface area (Å²) in [5.41, 5.74) is 0.995. The van der Waals surface area contributed by atoms with Gasteiger partial charge in [-0.25, -0.2) is 4.79 Å². The van der Waals surface area contributed by atoms with Crippen molar-refractivity contribution < 1.29 is 9.21 Å². The summed E-state index contributed by atoms with van der Waals surface area (Å²) in [7, 11) is 0. The van der Waals surface area contributed by atoms with Crippen LogP contribution in [0.2, 0.25) is 0 Å². The predicted molar refractivity (Wildman–Crippen MR) is 109 cm³/mol. The van der Waals surface area contributed by atoms with Crippen molar-refractivity contribution in [2.75, 3.05) is 18.0 Å². The van der Waals surface area contributed by atoms with Gasteiger partial charge in [-0.1, -0.05) is 45.2 Å². The van der Waals surface area contributed by atoms with Crippen LogP contribution in [0.4, 0.5) is 5.69 Å². The minimum Gasteiger partial charge on any atom is -0.423 e. The summed E-state index contributed by atoms with van der Waals surface area (Å²) >= 11 is 0. The van der Waals surface area contributed by atoms with Gasteiger partial charge >= 0.3 is 5.63 Å². The van der Waals surface area contributed by atoms with Gasteiger partial charge in [0.15, 0.2) is 0 Å². The molecular weight excluding hydrogens is 340 g/mol. The molecule has 1 aromatic carbocycles. The van der Waals surface area contributed by atoms with Crippen LogP contribution in [0.3, 0.4) is 0 Å². The van der Waals surface area contributed by atoms with E-state index in [1.807, 2.05) is 18.2 Å². The molecule has 5 heteroatoms. The molecule has 3 rings (SSSR count). The Morgan fingerprint density at radius 2 is 2.15 bits per heavy atom.